The van der Waals surface area contributed by atoms with Crippen LogP contribution >= 0.6 is 0 Å². The molecule has 2 N–H and O–H groups in total. The van der Waals surface area contributed by atoms with Crippen molar-refractivity contribution < 1.29 is 28.7 Å². The topological polar surface area (TPSA) is 88.1 Å². The van der Waals surface area contributed by atoms with Crippen molar-refractivity contribution in [2.45, 2.75) is 13.0 Å². The summed E-state index contributed by atoms with van der Waals surface area (Å²) < 4.78 is 24.3. The monoisotopic (exact) mass is 476 g/mol. The molecule has 0 spiro atoms. The maximum absolute atomic E-state index is 13.7. The molecule has 0 fully saturated rings. The van der Waals surface area contributed by atoms with E-state index in [-0.39, 0.29) is 5.91 Å². The van der Waals surface area contributed by atoms with Gasteiger partial charge in [0.2, 0.25) is 0 Å². The van der Waals surface area contributed by atoms with Crippen molar-refractivity contribution in [3.05, 3.63) is 94.3 Å². The fourth-order valence-corrected chi connectivity index (χ4v) is 4.11. The Balaban J connectivity index is 1.71. The summed E-state index contributed by atoms with van der Waals surface area (Å²) in [5.41, 5.74) is 5.49. The summed E-state index contributed by atoms with van der Waals surface area (Å²) in [7, 11) is 3.08. The first kappa shape index (κ1) is 24.0. The normalized spacial score (nSPS) is 13.1. The van der Waals surface area contributed by atoms with E-state index in [2.05, 4.69) is 0 Å². The number of hydrogen-bond acceptors (Lipinski definition) is 5. The van der Waals surface area contributed by atoms with E-state index in [9.17, 15) is 14.0 Å². The Bertz CT molecular complexity index is 1290. The van der Waals surface area contributed by atoms with Gasteiger partial charge in [0.15, 0.2) is 11.5 Å². The van der Waals surface area contributed by atoms with Gasteiger partial charge < -0.3 is 14.4 Å². The van der Waals surface area contributed by atoms with Gasteiger partial charge in [0, 0.05) is 24.2 Å². The van der Waals surface area contributed by atoms with Crippen LogP contribution in [0.15, 0.2) is 60.7 Å². The third kappa shape index (κ3) is 5.17. The van der Waals surface area contributed by atoms with Crippen LogP contribution in [0.25, 0.3) is 11.6 Å². The minimum absolute atomic E-state index is 0.228. The van der Waals surface area contributed by atoms with Crippen molar-refractivity contribution >= 4 is 23.5 Å². The SMILES string of the molecule is COc1ccc(C=C(C(=O)N2CCc3ccc(C(=O)NO)cc3C2)c2ccc(F)cc2)cc1OC. The standard InChI is InChI=1S/C27H25FN2O5/c1-34-24-10-3-17(14-25(24)35-2)13-23(19-6-8-22(28)9-7-19)27(32)30-12-11-18-4-5-20(26(31)29-33)15-21(18)16-30/h3-10,13-15,33H,11-12,16H2,1-2H3,(H,29,31). The third-order valence-electron chi connectivity index (χ3n) is 5.97. The van der Waals surface area contributed by atoms with Gasteiger partial charge in [0.05, 0.1) is 14.2 Å². The number of rotatable bonds is 6. The minimum atomic E-state index is -0.614. The largest absolute Gasteiger partial charge is 0.493 e. The van der Waals surface area contributed by atoms with Gasteiger partial charge in [0.1, 0.15) is 5.82 Å². The highest BCUT2D eigenvalue weighted by Crippen LogP contribution is 2.31. The zero-order valence-corrected chi connectivity index (χ0v) is 19.4. The Labute approximate surface area is 202 Å². The first-order valence-corrected chi connectivity index (χ1v) is 11.0. The second-order valence-electron chi connectivity index (χ2n) is 8.08. The van der Waals surface area contributed by atoms with Gasteiger partial charge in [0.25, 0.3) is 11.8 Å². The molecule has 8 heteroatoms. The number of ether oxygens (including phenoxy) is 2. The van der Waals surface area contributed by atoms with Crippen LogP contribution in [0.3, 0.4) is 0 Å². The van der Waals surface area contributed by atoms with Gasteiger partial charge in [-0.1, -0.05) is 24.3 Å². The lowest BCUT2D eigenvalue weighted by Gasteiger charge is -2.30. The van der Waals surface area contributed by atoms with Gasteiger partial charge in [-0.2, -0.15) is 0 Å². The first-order valence-electron chi connectivity index (χ1n) is 11.0. The predicted octanol–water partition coefficient (Wildman–Crippen LogP) is 4.09. The number of fused-ring (bicyclic) bond motifs is 1. The van der Waals surface area contributed by atoms with E-state index >= 15 is 0 Å². The number of benzene rings is 3. The van der Waals surface area contributed by atoms with Crippen LogP contribution in [-0.2, 0) is 17.8 Å². The number of nitrogens with zero attached hydrogens (tertiary/aromatic N) is 1. The molecule has 3 aromatic rings. The van der Waals surface area contributed by atoms with Gasteiger partial charge in [-0.15, -0.1) is 0 Å². The molecule has 7 nitrogen and oxygen atoms in total. The summed E-state index contributed by atoms with van der Waals surface area (Å²) in [6, 6.07) is 16.3. The number of hydrogen-bond donors (Lipinski definition) is 2. The molecule has 35 heavy (non-hydrogen) atoms. The fraction of sp³-hybridized carbons (Fsp3) is 0.185. The maximum atomic E-state index is 13.7. The van der Waals surface area contributed by atoms with Crippen molar-refractivity contribution in [1.29, 1.82) is 0 Å². The van der Waals surface area contributed by atoms with Crippen LogP contribution in [0.1, 0.15) is 32.6 Å². The summed E-state index contributed by atoms with van der Waals surface area (Å²) in [6.07, 6.45) is 2.36. The van der Waals surface area contributed by atoms with Gasteiger partial charge in [-0.05, 0) is 71.1 Å². The maximum Gasteiger partial charge on any atom is 0.274 e. The Morgan fingerprint density at radius 3 is 2.34 bits per heavy atom. The average Bonchev–Trinajstić information content (AvgIpc) is 2.90. The molecular formula is C27H25FN2O5. The first-order chi connectivity index (χ1) is 16.9. The molecule has 0 atom stereocenters. The van der Waals surface area contributed by atoms with Crippen LogP contribution in [0.4, 0.5) is 4.39 Å². The molecule has 0 unspecified atom stereocenters. The molecule has 3 aromatic carbocycles. The van der Waals surface area contributed by atoms with Crippen LogP contribution in [0, 0.1) is 5.82 Å². The molecule has 1 heterocycles. The second kappa shape index (κ2) is 10.4. The smallest absolute Gasteiger partial charge is 0.274 e. The predicted molar refractivity (Wildman–Crippen MR) is 129 cm³/mol. The molecule has 4 rings (SSSR count). The third-order valence-corrected chi connectivity index (χ3v) is 5.97. The molecule has 0 aromatic heterocycles. The average molecular weight is 477 g/mol. The highest BCUT2D eigenvalue weighted by Gasteiger charge is 2.25. The van der Waals surface area contributed by atoms with Gasteiger partial charge in [-0.25, -0.2) is 9.87 Å². The molecule has 0 saturated carbocycles. The molecule has 0 radical (unpaired) electrons. The van der Waals surface area contributed by atoms with E-state index in [4.69, 9.17) is 14.7 Å². The van der Waals surface area contributed by atoms with Gasteiger partial charge >= 0.3 is 0 Å². The molecular weight excluding hydrogens is 451 g/mol. The summed E-state index contributed by atoms with van der Waals surface area (Å²) in [5.74, 6) is -0.151. The second-order valence-corrected chi connectivity index (χ2v) is 8.08. The van der Waals surface area contributed by atoms with E-state index in [1.807, 2.05) is 12.1 Å². The zero-order chi connectivity index (χ0) is 24.9. The molecule has 0 aliphatic carbocycles. The van der Waals surface area contributed by atoms with Crippen molar-refractivity contribution in [3.8, 4) is 11.5 Å². The molecule has 1 aliphatic rings. The van der Waals surface area contributed by atoms with E-state index in [0.717, 1.165) is 16.7 Å². The van der Waals surface area contributed by atoms with Crippen molar-refractivity contribution in [3.63, 3.8) is 0 Å². The number of amides is 2. The van der Waals surface area contributed by atoms with Crippen LogP contribution in [0.2, 0.25) is 0 Å². The summed E-state index contributed by atoms with van der Waals surface area (Å²) in [5, 5.41) is 8.95. The van der Waals surface area contributed by atoms with Crippen LogP contribution < -0.4 is 15.0 Å². The molecule has 180 valence electrons. The van der Waals surface area contributed by atoms with E-state index < -0.39 is 11.7 Å². The van der Waals surface area contributed by atoms with Crippen LogP contribution in [-0.4, -0.2) is 42.7 Å². The van der Waals surface area contributed by atoms with Crippen LogP contribution in [0.5, 0.6) is 11.5 Å². The summed E-state index contributed by atoms with van der Waals surface area (Å²) >= 11 is 0. The van der Waals surface area contributed by atoms with E-state index in [1.54, 1.807) is 60.0 Å². The lowest BCUT2D eigenvalue weighted by Crippen LogP contribution is -2.36. The molecule has 1 aliphatic heterocycles. The lowest BCUT2D eigenvalue weighted by molar-refractivity contribution is -0.125. The quantitative estimate of drug-likeness (QED) is 0.242. The highest BCUT2D eigenvalue weighted by atomic mass is 19.1. The van der Waals surface area contributed by atoms with Crippen molar-refractivity contribution in [1.82, 2.24) is 10.4 Å². The number of nitrogens with one attached hydrogen (secondary N) is 1. The zero-order valence-electron chi connectivity index (χ0n) is 19.4. The number of carbonyl (C=O) groups is 2. The number of halogens is 1. The van der Waals surface area contributed by atoms with Crippen molar-refractivity contribution in [2.75, 3.05) is 20.8 Å². The van der Waals surface area contributed by atoms with E-state index in [1.165, 1.54) is 19.2 Å². The lowest BCUT2D eigenvalue weighted by atomic mass is 9.95. The molecule has 0 bridgehead atoms. The minimum Gasteiger partial charge on any atom is -0.493 e. The van der Waals surface area contributed by atoms with E-state index in [0.29, 0.717) is 47.7 Å². The number of methoxy groups -OCH3 is 2. The number of hydroxylamine groups is 1. The van der Waals surface area contributed by atoms with Gasteiger partial charge in [-0.3, -0.25) is 14.8 Å². The summed E-state index contributed by atoms with van der Waals surface area (Å²) in [6.45, 7) is 0.785. The molecule has 0 saturated heterocycles. The summed E-state index contributed by atoms with van der Waals surface area (Å²) in [4.78, 5) is 27.3. The Hall–Kier alpha value is -4.17. The molecule has 2 amide bonds. The van der Waals surface area contributed by atoms with Crippen molar-refractivity contribution in [2.24, 2.45) is 0 Å². The Kier molecular flexibility index (Phi) is 7.12. The fourth-order valence-electron chi connectivity index (χ4n) is 4.11. The Morgan fingerprint density at radius 1 is 0.943 bits per heavy atom. The number of carbonyl (C=O) groups excluding carboxylic acids is 2. The Morgan fingerprint density at radius 2 is 1.66 bits per heavy atom. The highest BCUT2D eigenvalue weighted by molar-refractivity contribution is 6.24.